The van der Waals surface area contributed by atoms with Crippen molar-refractivity contribution in [3.63, 3.8) is 0 Å². The van der Waals surface area contributed by atoms with Crippen LogP contribution in [0.1, 0.15) is 19.8 Å². The smallest absolute Gasteiger partial charge is 0.846 e. The van der Waals surface area contributed by atoms with Crippen LogP contribution < -0.4 is 40.0 Å². The third-order valence-corrected chi connectivity index (χ3v) is 3.09. The molecule has 1 aliphatic heterocycles. The number of hydrogen-bond acceptors (Lipinski definition) is 3. The molecular formula is C10H11N2NaO3. The van der Waals surface area contributed by atoms with Crippen LogP contribution >= 0.6 is 0 Å². The van der Waals surface area contributed by atoms with Gasteiger partial charge >= 0.3 is 29.6 Å². The number of allylic oxidation sites excluding steroid dienone is 2. The molecule has 2 unspecified atom stereocenters. The largest absolute Gasteiger partial charge is 1.00 e. The Bertz CT molecular complexity index is 392. The van der Waals surface area contributed by atoms with Crippen LogP contribution in [0.15, 0.2) is 17.1 Å². The van der Waals surface area contributed by atoms with E-state index in [0.717, 1.165) is 12.8 Å². The van der Waals surface area contributed by atoms with Gasteiger partial charge in [0.2, 0.25) is 5.91 Å². The molecule has 16 heavy (non-hydrogen) atoms. The molecule has 2 atom stereocenters. The molecule has 6 heteroatoms. The van der Waals surface area contributed by atoms with Crippen molar-refractivity contribution in [1.29, 1.82) is 0 Å². The van der Waals surface area contributed by atoms with E-state index in [9.17, 15) is 14.7 Å². The van der Waals surface area contributed by atoms with Crippen molar-refractivity contribution in [2.24, 2.45) is 16.3 Å². The molecule has 2 aliphatic rings. The molecule has 0 bridgehead atoms. The van der Waals surface area contributed by atoms with E-state index in [1.807, 2.05) is 12.2 Å². The zero-order chi connectivity index (χ0) is 11.1. The first kappa shape index (κ1) is 13.4. The SMILES string of the molecule is CC1(C2C=CCC2)C(=O)N=C([O-])NC1=O.[Na+]. The van der Waals surface area contributed by atoms with Gasteiger partial charge < -0.3 is 10.4 Å². The molecule has 1 N–H and O–H groups in total. The van der Waals surface area contributed by atoms with Crippen LogP contribution in [0.25, 0.3) is 0 Å². The van der Waals surface area contributed by atoms with Gasteiger partial charge in [0.1, 0.15) is 5.41 Å². The normalized spacial score (nSPS) is 33.1. The molecule has 80 valence electrons. The van der Waals surface area contributed by atoms with Gasteiger partial charge in [0.25, 0.3) is 5.91 Å². The molecule has 0 aromatic carbocycles. The predicted molar refractivity (Wildman–Crippen MR) is 50.6 cm³/mol. The number of carbonyl (C=O) groups is 2. The first-order valence-corrected chi connectivity index (χ1v) is 4.83. The van der Waals surface area contributed by atoms with Crippen LogP contribution in [0.5, 0.6) is 0 Å². The average molecular weight is 230 g/mol. The van der Waals surface area contributed by atoms with E-state index >= 15 is 0 Å². The first-order chi connectivity index (χ1) is 7.05. The first-order valence-electron chi connectivity index (χ1n) is 4.83. The summed E-state index contributed by atoms with van der Waals surface area (Å²) in [6, 6.07) is -0.857. The number of nitrogens with zero attached hydrogens (tertiary/aromatic N) is 1. The van der Waals surface area contributed by atoms with Crippen molar-refractivity contribution < 1.29 is 44.3 Å². The van der Waals surface area contributed by atoms with Crippen molar-refractivity contribution in [1.82, 2.24) is 5.32 Å². The van der Waals surface area contributed by atoms with Crippen LogP contribution in [0, 0.1) is 11.3 Å². The van der Waals surface area contributed by atoms with Crippen LogP contribution in [-0.2, 0) is 9.59 Å². The summed E-state index contributed by atoms with van der Waals surface area (Å²) < 4.78 is 0. The van der Waals surface area contributed by atoms with Crippen molar-refractivity contribution in [2.75, 3.05) is 0 Å². The predicted octanol–water partition coefficient (Wildman–Crippen LogP) is -3.66. The molecule has 1 aliphatic carbocycles. The van der Waals surface area contributed by atoms with Gasteiger partial charge in [0, 0.05) is 5.92 Å². The van der Waals surface area contributed by atoms with E-state index < -0.39 is 23.3 Å². The third kappa shape index (κ3) is 1.95. The Morgan fingerprint density at radius 1 is 1.56 bits per heavy atom. The van der Waals surface area contributed by atoms with E-state index in [1.165, 1.54) is 0 Å². The molecule has 0 aromatic rings. The Kier molecular flexibility index (Phi) is 3.93. The molecule has 2 amide bonds. The minimum atomic E-state index is -1.21. The van der Waals surface area contributed by atoms with Gasteiger partial charge in [0.15, 0.2) is 0 Å². The molecule has 5 nitrogen and oxygen atoms in total. The van der Waals surface area contributed by atoms with Crippen LogP contribution in [0.2, 0.25) is 0 Å². The summed E-state index contributed by atoms with van der Waals surface area (Å²) in [6.07, 6.45) is 5.39. The number of hydrogen-bond donors (Lipinski definition) is 1. The summed E-state index contributed by atoms with van der Waals surface area (Å²) in [6.45, 7) is 1.54. The topological polar surface area (TPSA) is 81.6 Å². The molecule has 2 rings (SSSR count). The maximum atomic E-state index is 11.7. The summed E-state index contributed by atoms with van der Waals surface area (Å²) in [5.74, 6) is -1.32. The van der Waals surface area contributed by atoms with Gasteiger partial charge in [-0.1, -0.05) is 12.2 Å². The van der Waals surface area contributed by atoms with Crippen LogP contribution in [-0.4, -0.2) is 17.8 Å². The second-order valence-electron chi connectivity index (χ2n) is 3.99. The van der Waals surface area contributed by atoms with Crippen molar-refractivity contribution >= 4 is 17.8 Å². The van der Waals surface area contributed by atoms with E-state index in [-0.39, 0.29) is 35.5 Å². The molecule has 1 heterocycles. The number of aliphatic imine (C=N–C) groups is 1. The Morgan fingerprint density at radius 3 is 2.75 bits per heavy atom. The second-order valence-corrected chi connectivity index (χ2v) is 3.99. The van der Waals surface area contributed by atoms with E-state index in [4.69, 9.17) is 0 Å². The van der Waals surface area contributed by atoms with Gasteiger partial charge in [-0.15, -0.1) is 0 Å². The third-order valence-electron chi connectivity index (χ3n) is 3.09. The number of rotatable bonds is 1. The average Bonchev–Trinajstić information content (AvgIpc) is 2.66. The molecule has 0 radical (unpaired) electrons. The monoisotopic (exact) mass is 230 g/mol. The maximum absolute atomic E-state index is 11.7. The maximum Gasteiger partial charge on any atom is 1.00 e. The Morgan fingerprint density at radius 2 is 2.25 bits per heavy atom. The van der Waals surface area contributed by atoms with Crippen LogP contribution in [0.4, 0.5) is 0 Å². The van der Waals surface area contributed by atoms with Gasteiger partial charge in [-0.25, -0.2) is 4.99 Å². The Balaban J connectivity index is 0.00000128. The summed E-state index contributed by atoms with van der Waals surface area (Å²) in [5.41, 5.74) is -1.21. The Labute approximate surface area is 115 Å². The van der Waals surface area contributed by atoms with E-state index in [2.05, 4.69) is 10.3 Å². The van der Waals surface area contributed by atoms with Gasteiger partial charge in [-0.05, 0) is 19.8 Å². The van der Waals surface area contributed by atoms with Gasteiger partial charge in [-0.2, -0.15) is 0 Å². The zero-order valence-corrected chi connectivity index (χ0v) is 11.3. The van der Waals surface area contributed by atoms with Crippen molar-refractivity contribution in [3.8, 4) is 0 Å². The molecule has 0 aromatic heterocycles. The summed E-state index contributed by atoms with van der Waals surface area (Å²) in [5, 5.41) is 12.9. The molecule has 0 fully saturated rings. The van der Waals surface area contributed by atoms with Gasteiger partial charge in [-0.3, -0.25) is 9.59 Å². The minimum Gasteiger partial charge on any atom is -0.846 e. The number of amides is 2. The molecule has 0 saturated carbocycles. The number of carbonyl (C=O) groups excluding carboxylic acids is 2. The summed E-state index contributed by atoms with van der Waals surface area (Å²) in [7, 11) is 0. The molecule has 0 spiro atoms. The molecule has 0 saturated heterocycles. The summed E-state index contributed by atoms with van der Waals surface area (Å²) >= 11 is 0. The molecular weight excluding hydrogens is 219 g/mol. The fraction of sp³-hybridized carbons (Fsp3) is 0.500. The summed E-state index contributed by atoms with van der Waals surface area (Å²) in [4.78, 5) is 26.6. The van der Waals surface area contributed by atoms with Crippen molar-refractivity contribution in [3.05, 3.63) is 12.2 Å². The second kappa shape index (κ2) is 4.69. The minimum absolute atomic E-state index is 0. The van der Waals surface area contributed by atoms with Crippen LogP contribution in [0.3, 0.4) is 0 Å². The standard InChI is InChI=1S/C10H12N2O3.Na/c1-10(6-4-2-3-5-6)7(13)11-9(15)12-8(10)14;/h2,4,6H,3,5H2,1H3,(H2,11,12,13,14,15);/q;+1/p-1. The van der Waals surface area contributed by atoms with Crippen molar-refractivity contribution in [2.45, 2.75) is 19.8 Å². The van der Waals surface area contributed by atoms with E-state index in [0.29, 0.717) is 0 Å². The zero-order valence-electron chi connectivity index (χ0n) is 9.32. The fourth-order valence-corrected chi connectivity index (χ4v) is 2.00. The van der Waals surface area contributed by atoms with Gasteiger partial charge in [0.05, 0.1) is 6.02 Å². The number of nitrogens with one attached hydrogen (secondary N) is 1. The fourth-order valence-electron chi connectivity index (χ4n) is 2.00. The quantitative estimate of drug-likeness (QED) is 0.286. The number of amidine groups is 1. The Hall–Kier alpha value is -0.650. The van der Waals surface area contributed by atoms with E-state index in [1.54, 1.807) is 6.92 Å².